The Bertz CT molecular complexity index is 527. The maximum absolute atomic E-state index is 10.8. The summed E-state index contributed by atoms with van der Waals surface area (Å²) in [7, 11) is 1.90. The van der Waals surface area contributed by atoms with Gasteiger partial charge in [-0.3, -0.25) is 14.6 Å². The van der Waals surface area contributed by atoms with E-state index in [1.165, 1.54) is 5.56 Å². The number of likely N-dealkylation sites (N-methyl/N-ethyl adjacent to an activating group) is 1. The number of halogens is 2. The van der Waals surface area contributed by atoms with E-state index >= 15 is 0 Å². The molecule has 2 rings (SSSR count). The van der Waals surface area contributed by atoms with Crippen LogP contribution < -0.4 is 0 Å². The molecule has 0 radical (unpaired) electrons. The Morgan fingerprint density at radius 3 is 2.95 bits per heavy atom. The first-order chi connectivity index (χ1) is 10.5. The number of hydrogen-bond acceptors (Lipinski definition) is 3. The van der Waals surface area contributed by atoms with E-state index < -0.39 is 5.97 Å². The summed E-state index contributed by atoms with van der Waals surface area (Å²) in [5.74, 6) is -0.758. The number of carboxylic acid groups (broad SMARTS) is 1. The molecule has 0 aliphatic carbocycles. The Morgan fingerprint density at radius 1 is 1.45 bits per heavy atom. The molecule has 1 saturated heterocycles. The summed E-state index contributed by atoms with van der Waals surface area (Å²) in [6.45, 7) is 3.00. The summed E-state index contributed by atoms with van der Waals surface area (Å²) < 4.78 is 1.08. The molecule has 1 aromatic carbocycles. The molecule has 0 bridgehead atoms. The minimum atomic E-state index is -0.758. The highest BCUT2D eigenvalue weighted by molar-refractivity contribution is 9.10. The predicted molar refractivity (Wildman–Crippen MR) is 92.3 cm³/mol. The van der Waals surface area contributed by atoms with E-state index in [-0.39, 0.29) is 6.54 Å². The van der Waals surface area contributed by atoms with E-state index in [0.29, 0.717) is 6.04 Å². The molecular formula is C16H22BrClN2O2. The van der Waals surface area contributed by atoms with Crippen molar-refractivity contribution in [2.75, 3.05) is 26.7 Å². The van der Waals surface area contributed by atoms with Gasteiger partial charge in [-0.2, -0.15) is 0 Å². The number of aliphatic carboxylic acids is 1. The van der Waals surface area contributed by atoms with E-state index in [1.54, 1.807) is 0 Å². The van der Waals surface area contributed by atoms with Gasteiger partial charge in [-0.05, 0) is 63.2 Å². The summed E-state index contributed by atoms with van der Waals surface area (Å²) in [6, 6.07) is 6.22. The van der Waals surface area contributed by atoms with Crippen molar-refractivity contribution in [1.82, 2.24) is 9.80 Å². The zero-order valence-electron chi connectivity index (χ0n) is 12.8. The van der Waals surface area contributed by atoms with Crippen molar-refractivity contribution in [3.63, 3.8) is 0 Å². The first kappa shape index (κ1) is 17.7. The van der Waals surface area contributed by atoms with Gasteiger partial charge in [0.1, 0.15) is 0 Å². The van der Waals surface area contributed by atoms with Crippen LogP contribution in [-0.4, -0.2) is 53.6 Å². The van der Waals surface area contributed by atoms with Crippen LogP contribution >= 0.6 is 27.5 Å². The first-order valence-electron chi connectivity index (χ1n) is 7.54. The number of benzene rings is 1. The van der Waals surface area contributed by atoms with Gasteiger partial charge in [0.2, 0.25) is 0 Å². The fraction of sp³-hybridized carbons (Fsp3) is 0.562. The molecule has 0 spiro atoms. The molecule has 1 aliphatic rings. The third-order valence-corrected chi connectivity index (χ3v) is 5.21. The monoisotopic (exact) mass is 388 g/mol. The largest absolute Gasteiger partial charge is 0.480 e. The minimum Gasteiger partial charge on any atom is -0.480 e. The SMILES string of the molecule is CN(CC(=O)O)C1CCCN(Cc2cc(Cl)ccc2Br)CC1. The fourth-order valence-corrected chi connectivity index (χ4v) is 3.55. The Kier molecular flexibility index (Phi) is 6.68. The smallest absolute Gasteiger partial charge is 0.317 e. The van der Waals surface area contributed by atoms with Crippen molar-refractivity contribution in [2.45, 2.75) is 31.8 Å². The number of likely N-dealkylation sites (tertiary alicyclic amines) is 1. The molecule has 0 aromatic heterocycles. The summed E-state index contributed by atoms with van der Waals surface area (Å²) in [5.41, 5.74) is 1.20. The minimum absolute atomic E-state index is 0.116. The number of nitrogens with zero attached hydrogens (tertiary/aromatic N) is 2. The van der Waals surface area contributed by atoms with Gasteiger partial charge in [-0.15, -0.1) is 0 Å². The molecule has 1 aliphatic heterocycles. The molecule has 22 heavy (non-hydrogen) atoms. The molecule has 122 valence electrons. The quantitative estimate of drug-likeness (QED) is 0.837. The lowest BCUT2D eigenvalue weighted by Crippen LogP contribution is -2.36. The van der Waals surface area contributed by atoms with E-state index in [0.717, 1.165) is 48.4 Å². The van der Waals surface area contributed by atoms with Crippen LogP contribution in [0.3, 0.4) is 0 Å². The molecule has 6 heteroatoms. The maximum atomic E-state index is 10.8. The normalized spacial score (nSPS) is 20.1. The van der Waals surface area contributed by atoms with Crippen LogP contribution in [0.25, 0.3) is 0 Å². The zero-order valence-corrected chi connectivity index (χ0v) is 15.1. The maximum Gasteiger partial charge on any atom is 0.317 e. The lowest BCUT2D eigenvalue weighted by Gasteiger charge is -2.25. The summed E-state index contributed by atoms with van der Waals surface area (Å²) >= 11 is 9.66. The van der Waals surface area contributed by atoms with Crippen LogP contribution in [0.1, 0.15) is 24.8 Å². The Labute approximate surface area is 145 Å². The predicted octanol–water partition coefficient (Wildman–Crippen LogP) is 3.47. The molecule has 1 atom stereocenters. The highest BCUT2D eigenvalue weighted by Crippen LogP contribution is 2.24. The Hall–Kier alpha value is -0.620. The molecule has 1 N–H and O–H groups in total. The molecule has 1 heterocycles. The Morgan fingerprint density at radius 2 is 2.23 bits per heavy atom. The van der Waals surface area contributed by atoms with Gasteiger partial charge in [0.05, 0.1) is 6.54 Å². The summed E-state index contributed by atoms with van der Waals surface area (Å²) in [6.07, 6.45) is 3.14. The third kappa shape index (κ3) is 5.23. The van der Waals surface area contributed by atoms with Crippen LogP contribution in [0.15, 0.2) is 22.7 Å². The lowest BCUT2D eigenvalue weighted by molar-refractivity contribution is -0.138. The van der Waals surface area contributed by atoms with E-state index in [2.05, 4.69) is 20.8 Å². The molecule has 4 nitrogen and oxygen atoms in total. The molecule has 1 fully saturated rings. The first-order valence-corrected chi connectivity index (χ1v) is 8.71. The van der Waals surface area contributed by atoms with Gasteiger partial charge in [0.15, 0.2) is 0 Å². The van der Waals surface area contributed by atoms with Gasteiger partial charge in [0.25, 0.3) is 0 Å². The van der Waals surface area contributed by atoms with Crippen molar-refractivity contribution in [2.24, 2.45) is 0 Å². The third-order valence-electron chi connectivity index (χ3n) is 4.20. The molecule has 1 aromatic rings. The van der Waals surface area contributed by atoms with Crippen molar-refractivity contribution in [3.05, 3.63) is 33.3 Å². The molecule has 0 amide bonds. The summed E-state index contributed by atoms with van der Waals surface area (Å²) in [4.78, 5) is 15.2. The summed E-state index contributed by atoms with van der Waals surface area (Å²) in [5, 5.41) is 9.67. The van der Waals surface area contributed by atoms with E-state index in [9.17, 15) is 4.79 Å². The van der Waals surface area contributed by atoms with Crippen molar-refractivity contribution in [3.8, 4) is 0 Å². The number of hydrogen-bond donors (Lipinski definition) is 1. The van der Waals surface area contributed by atoms with Gasteiger partial charge in [0, 0.05) is 22.1 Å². The van der Waals surface area contributed by atoms with Crippen molar-refractivity contribution < 1.29 is 9.90 Å². The zero-order chi connectivity index (χ0) is 16.1. The highest BCUT2D eigenvalue weighted by atomic mass is 79.9. The van der Waals surface area contributed by atoms with E-state index in [1.807, 2.05) is 30.1 Å². The Balaban J connectivity index is 1.93. The van der Waals surface area contributed by atoms with Crippen LogP contribution in [-0.2, 0) is 11.3 Å². The molecule has 1 unspecified atom stereocenters. The van der Waals surface area contributed by atoms with Crippen LogP contribution in [0, 0.1) is 0 Å². The van der Waals surface area contributed by atoms with Crippen molar-refractivity contribution in [1.29, 1.82) is 0 Å². The number of carboxylic acids is 1. The average molecular weight is 390 g/mol. The average Bonchev–Trinajstić information content (AvgIpc) is 2.68. The van der Waals surface area contributed by atoms with Crippen LogP contribution in [0.4, 0.5) is 0 Å². The van der Waals surface area contributed by atoms with Gasteiger partial charge in [-0.1, -0.05) is 27.5 Å². The van der Waals surface area contributed by atoms with Crippen LogP contribution in [0.2, 0.25) is 5.02 Å². The molecular weight excluding hydrogens is 368 g/mol. The second kappa shape index (κ2) is 8.29. The number of carbonyl (C=O) groups is 1. The topological polar surface area (TPSA) is 43.8 Å². The second-order valence-electron chi connectivity index (χ2n) is 5.91. The molecule has 0 saturated carbocycles. The standard InChI is InChI=1S/C16H22BrClN2O2/c1-19(11-16(21)22)14-3-2-7-20(8-6-14)10-12-9-13(18)4-5-15(12)17/h4-5,9,14H,2-3,6-8,10-11H2,1H3,(H,21,22). The fourth-order valence-electron chi connectivity index (χ4n) is 2.98. The number of rotatable bonds is 5. The van der Waals surface area contributed by atoms with Gasteiger partial charge >= 0.3 is 5.97 Å². The highest BCUT2D eigenvalue weighted by Gasteiger charge is 2.22. The second-order valence-corrected chi connectivity index (χ2v) is 7.20. The van der Waals surface area contributed by atoms with Gasteiger partial charge in [-0.25, -0.2) is 0 Å². The van der Waals surface area contributed by atoms with Crippen molar-refractivity contribution >= 4 is 33.5 Å². The van der Waals surface area contributed by atoms with Crippen LogP contribution in [0.5, 0.6) is 0 Å². The lowest BCUT2D eigenvalue weighted by atomic mass is 10.1. The van der Waals surface area contributed by atoms with E-state index in [4.69, 9.17) is 16.7 Å². The van der Waals surface area contributed by atoms with Gasteiger partial charge < -0.3 is 5.11 Å².